The summed E-state index contributed by atoms with van der Waals surface area (Å²) in [5.74, 6) is 0. The first kappa shape index (κ1) is 16.3. The molecule has 1 saturated carbocycles. The summed E-state index contributed by atoms with van der Waals surface area (Å²) >= 11 is 0. The number of nitrogens with two attached hydrogens (primary N) is 2. The minimum atomic E-state index is -0.475. The van der Waals surface area contributed by atoms with Crippen LogP contribution in [0.25, 0.3) is 0 Å². The van der Waals surface area contributed by atoms with Crippen LogP contribution < -0.4 is 22.7 Å². The van der Waals surface area contributed by atoms with Crippen LogP contribution in [0.3, 0.4) is 0 Å². The van der Waals surface area contributed by atoms with Gasteiger partial charge in [0, 0.05) is 45.4 Å². The van der Waals surface area contributed by atoms with Crippen molar-refractivity contribution >= 4 is 0 Å². The molecule has 0 aromatic carbocycles. The Bertz CT molecular complexity index is 382. The van der Waals surface area contributed by atoms with Crippen LogP contribution in [-0.2, 0) is 21.1 Å². The van der Waals surface area contributed by atoms with E-state index in [9.17, 15) is 9.59 Å². The topological polar surface area (TPSA) is 118 Å². The fourth-order valence-electron chi connectivity index (χ4n) is 1.57. The van der Waals surface area contributed by atoms with Crippen LogP contribution in [-0.4, -0.2) is 22.1 Å². The van der Waals surface area contributed by atoms with Crippen molar-refractivity contribution in [2.24, 2.45) is 11.5 Å². The summed E-state index contributed by atoms with van der Waals surface area (Å²) in [6, 6.07) is 1.80. The van der Waals surface area contributed by atoms with Crippen molar-refractivity contribution < 1.29 is 21.1 Å². The molecule has 0 unspecified atom stereocenters. The maximum atomic E-state index is 10.2. The fraction of sp³-hybridized carbons (Fsp3) is 0.600. The molecule has 1 fully saturated rings. The Morgan fingerprint density at radius 2 is 1.65 bits per heavy atom. The monoisotopic (exact) mass is 421 g/mol. The molecule has 6 nitrogen and oxygen atoms in total. The van der Waals surface area contributed by atoms with E-state index in [0.29, 0.717) is 0 Å². The molecule has 100 valence electrons. The van der Waals surface area contributed by atoms with E-state index in [1.807, 2.05) is 4.98 Å². The standard InChI is InChI=1S/C6H14N2.C4H4N2O2.Pt/c7-5-3-1-2-4-6(5)8;7-3-1-2-5-4(8)6-3;/h5-6H,1-4,7-8H2;1-2H,(H2,5,6,7,8);/t5-,6-;;/m1../s1. The Hall–Kier alpha value is -0.712. The van der Waals surface area contributed by atoms with Crippen LogP contribution in [0.2, 0.25) is 0 Å². The molecule has 0 radical (unpaired) electrons. The number of hydrogen-bond acceptors (Lipinski definition) is 4. The van der Waals surface area contributed by atoms with E-state index in [-0.39, 0.29) is 38.7 Å². The number of hydrogen-bond donors (Lipinski definition) is 4. The molecule has 0 saturated heterocycles. The first-order valence-electron chi connectivity index (χ1n) is 5.39. The molecule has 2 rings (SSSR count). The predicted octanol–water partition coefficient (Wildman–Crippen LogP) is -0.724. The first-order valence-corrected chi connectivity index (χ1v) is 5.39. The van der Waals surface area contributed by atoms with E-state index >= 15 is 0 Å². The second-order valence-electron chi connectivity index (χ2n) is 3.91. The molecule has 6 N–H and O–H groups in total. The fourth-order valence-corrected chi connectivity index (χ4v) is 1.57. The van der Waals surface area contributed by atoms with Gasteiger partial charge >= 0.3 is 5.69 Å². The molecular weight excluding hydrogens is 403 g/mol. The van der Waals surface area contributed by atoms with Crippen LogP contribution in [0.15, 0.2) is 21.9 Å². The van der Waals surface area contributed by atoms with E-state index in [1.165, 1.54) is 25.1 Å². The van der Waals surface area contributed by atoms with Gasteiger partial charge in [-0.15, -0.1) is 0 Å². The number of H-pyrrole nitrogens is 2. The van der Waals surface area contributed by atoms with E-state index in [2.05, 4.69) is 4.98 Å². The van der Waals surface area contributed by atoms with Crippen molar-refractivity contribution in [3.05, 3.63) is 33.1 Å². The van der Waals surface area contributed by atoms with Crippen LogP contribution in [0, 0.1) is 0 Å². The third kappa shape index (κ3) is 6.56. The molecule has 2 atom stereocenters. The smallest absolute Gasteiger partial charge is 0.325 e. The molecule has 1 aliphatic carbocycles. The van der Waals surface area contributed by atoms with Gasteiger partial charge in [-0.2, -0.15) is 0 Å². The zero-order valence-electron chi connectivity index (χ0n) is 9.43. The average Bonchev–Trinajstić information content (AvgIpc) is 2.23. The van der Waals surface area contributed by atoms with Gasteiger partial charge in [-0.05, 0) is 12.8 Å². The largest absolute Gasteiger partial charge is 0.326 e. The van der Waals surface area contributed by atoms with Gasteiger partial charge in [0.1, 0.15) is 0 Å². The molecule has 17 heavy (non-hydrogen) atoms. The Morgan fingerprint density at radius 3 is 1.94 bits per heavy atom. The quantitative estimate of drug-likeness (QED) is 0.442. The third-order valence-corrected chi connectivity index (χ3v) is 2.56. The second-order valence-corrected chi connectivity index (χ2v) is 3.91. The molecule has 7 heteroatoms. The molecule has 1 aromatic heterocycles. The van der Waals surface area contributed by atoms with Gasteiger partial charge < -0.3 is 16.5 Å². The van der Waals surface area contributed by atoms with Crippen molar-refractivity contribution in [1.82, 2.24) is 9.97 Å². The molecular formula is C10H18N4O2Pt. The normalized spacial score (nSPS) is 22.9. The van der Waals surface area contributed by atoms with Gasteiger partial charge in [-0.1, -0.05) is 12.8 Å². The Morgan fingerprint density at radius 1 is 1.12 bits per heavy atom. The Balaban J connectivity index is 0.000000284. The van der Waals surface area contributed by atoms with Gasteiger partial charge in [0.05, 0.1) is 0 Å². The molecule has 1 aromatic rings. The predicted molar refractivity (Wildman–Crippen MR) is 62.1 cm³/mol. The van der Waals surface area contributed by atoms with Crippen LogP contribution >= 0.6 is 0 Å². The van der Waals surface area contributed by atoms with E-state index in [4.69, 9.17) is 11.5 Å². The summed E-state index contributed by atoms with van der Waals surface area (Å²) in [5.41, 5.74) is 10.5. The Labute approximate surface area is 113 Å². The summed E-state index contributed by atoms with van der Waals surface area (Å²) in [7, 11) is 0. The second kappa shape index (κ2) is 8.39. The SMILES string of the molecule is N[C@@H]1CCCC[C@H]1N.O=c1cc[nH]c(=O)[nH]1.[Pt]. The first-order chi connectivity index (χ1) is 7.59. The summed E-state index contributed by atoms with van der Waals surface area (Å²) in [6.45, 7) is 0. The zero-order chi connectivity index (χ0) is 12.0. The minimum absolute atomic E-state index is 0. The minimum Gasteiger partial charge on any atom is -0.326 e. The van der Waals surface area contributed by atoms with E-state index in [1.54, 1.807) is 0 Å². The van der Waals surface area contributed by atoms with Crippen LogP contribution in [0.5, 0.6) is 0 Å². The number of aromatic nitrogens is 2. The Kier molecular flexibility index (Phi) is 8.04. The van der Waals surface area contributed by atoms with Crippen LogP contribution in [0.4, 0.5) is 0 Å². The van der Waals surface area contributed by atoms with Crippen molar-refractivity contribution in [2.45, 2.75) is 37.8 Å². The molecule has 1 heterocycles. The third-order valence-electron chi connectivity index (χ3n) is 2.56. The molecule has 0 amide bonds. The van der Waals surface area contributed by atoms with Crippen LogP contribution in [0.1, 0.15) is 25.7 Å². The number of rotatable bonds is 0. The molecule has 1 aliphatic rings. The van der Waals surface area contributed by atoms with Crippen molar-refractivity contribution in [3.8, 4) is 0 Å². The summed E-state index contributed by atoms with van der Waals surface area (Å²) < 4.78 is 0. The van der Waals surface area contributed by atoms with Gasteiger partial charge in [0.15, 0.2) is 0 Å². The molecule has 0 spiro atoms. The maximum absolute atomic E-state index is 10.2. The van der Waals surface area contributed by atoms with Gasteiger partial charge in [-0.3, -0.25) is 9.78 Å². The van der Waals surface area contributed by atoms with E-state index < -0.39 is 5.69 Å². The van der Waals surface area contributed by atoms with E-state index in [0.717, 1.165) is 12.8 Å². The molecule has 0 bridgehead atoms. The summed E-state index contributed by atoms with van der Waals surface area (Å²) in [4.78, 5) is 24.7. The van der Waals surface area contributed by atoms with Crippen molar-refractivity contribution in [1.29, 1.82) is 0 Å². The molecule has 0 aliphatic heterocycles. The van der Waals surface area contributed by atoms with Crippen molar-refractivity contribution in [2.75, 3.05) is 0 Å². The van der Waals surface area contributed by atoms with Gasteiger partial charge in [0.25, 0.3) is 5.56 Å². The van der Waals surface area contributed by atoms with Gasteiger partial charge in [-0.25, -0.2) is 4.79 Å². The average molecular weight is 421 g/mol. The van der Waals surface area contributed by atoms with Gasteiger partial charge in [0.2, 0.25) is 0 Å². The summed E-state index contributed by atoms with van der Waals surface area (Å²) in [6.07, 6.45) is 6.09. The zero-order valence-corrected chi connectivity index (χ0v) is 11.7. The maximum Gasteiger partial charge on any atom is 0.325 e. The number of nitrogens with one attached hydrogen (secondary N) is 2. The van der Waals surface area contributed by atoms with Crippen molar-refractivity contribution in [3.63, 3.8) is 0 Å². The number of aromatic amines is 2. The summed E-state index contributed by atoms with van der Waals surface area (Å²) in [5, 5.41) is 0.